The van der Waals surface area contributed by atoms with Crippen molar-refractivity contribution in [1.82, 2.24) is 5.32 Å². The number of ether oxygens (including phenoxy) is 1. The topological polar surface area (TPSA) is 82.0 Å². The average molecular weight is 422 g/mol. The number of rotatable bonds is 16. The Morgan fingerprint density at radius 3 is 2.57 bits per heavy atom. The van der Waals surface area contributed by atoms with E-state index in [0.29, 0.717) is 32.3 Å². The van der Waals surface area contributed by atoms with Crippen molar-refractivity contribution in [3.8, 4) is 5.75 Å². The Morgan fingerprint density at radius 1 is 0.967 bits per heavy atom. The fourth-order valence-corrected chi connectivity index (χ4v) is 2.96. The number of hydrogen-bond donors (Lipinski definition) is 4. The van der Waals surface area contributed by atoms with Crippen LogP contribution in [0.15, 0.2) is 48.5 Å². The molecule has 1 atom stereocenters. The number of unbranched alkanes of at least 4 members (excludes halogenated alkanes) is 3. The summed E-state index contributed by atoms with van der Waals surface area (Å²) in [5.74, 6) is -0.490. The van der Waals surface area contributed by atoms with Gasteiger partial charge in [-0.25, -0.2) is 0 Å². The summed E-state index contributed by atoms with van der Waals surface area (Å²) >= 11 is 0. The molecule has 0 aliphatic carbocycles. The maximum absolute atomic E-state index is 10.4. The SMILES string of the molecule is [2H]C([2H])(CCCc1ccccc1)OCCCCCCNC([2H])([2H])C(O)c1ccc(O)c(C([2H])([2H])O)c1. The van der Waals surface area contributed by atoms with E-state index in [1.54, 1.807) is 0 Å². The molecule has 0 heterocycles. The lowest BCUT2D eigenvalue weighted by Gasteiger charge is -2.14. The molecule has 4 N–H and O–H groups in total. The predicted molar refractivity (Wildman–Crippen MR) is 121 cm³/mol. The van der Waals surface area contributed by atoms with Gasteiger partial charge in [0.1, 0.15) is 5.75 Å². The summed E-state index contributed by atoms with van der Waals surface area (Å²) in [6, 6.07) is 13.4. The van der Waals surface area contributed by atoms with Gasteiger partial charge in [-0.3, -0.25) is 0 Å². The zero-order valence-corrected chi connectivity index (χ0v) is 17.3. The molecule has 0 aromatic heterocycles. The van der Waals surface area contributed by atoms with Crippen LogP contribution in [0, 0.1) is 0 Å². The van der Waals surface area contributed by atoms with Gasteiger partial charge in [-0.1, -0.05) is 49.2 Å². The highest BCUT2D eigenvalue weighted by Crippen LogP contribution is 2.22. The molecule has 1 unspecified atom stereocenters. The van der Waals surface area contributed by atoms with Crippen LogP contribution in [0.4, 0.5) is 0 Å². The Kier molecular flexibility index (Phi) is 8.35. The second-order valence-electron chi connectivity index (χ2n) is 7.11. The summed E-state index contributed by atoms with van der Waals surface area (Å²) in [6.45, 7) is -6.10. The van der Waals surface area contributed by atoms with E-state index in [-0.39, 0.29) is 12.1 Å². The maximum atomic E-state index is 10.4. The van der Waals surface area contributed by atoms with Crippen molar-refractivity contribution in [3.05, 3.63) is 65.2 Å². The Morgan fingerprint density at radius 2 is 1.77 bits per heavy atom. The zero-order valence-electron chi connectivity index (χ0n) is 23.3. The van der Waals surface area contributed by atoms with Crippen LogP contribution in [0.2, 0.25) is 0 Å². The van der Waals surface area contributed by atoms with Gasteiger partial charge in [0.05, 0.1) is 18.1 Å². The van der Waals surface area contributed by atoms with Crippen LogP contribution in [0.3, 0.4) is 0 Å². The number of aromatic hydroxyl groups is 1. The largest absolute Gasteiger partial charge is 0.508 e. The lowest BCUT2D eigenvalue weighted by molar-refractivity contribution is 0.126. The van der Waals surface area contributed by atoms with E-state index in [1.807, 2.05) is 30.3 Å². The monoisotopic (exact) mass is 421 g/mol. The molecule has 2 aromatic carbocycles. The lowest BCUT2D eigenvalue weighted by Crippen LogP contribution is -2.22. The molecule has 166 valence electrons. The molecule has 0 radical (unpaired) electrons. The summed E-state index contributed by atoms with van der Waals surface area (Å²) in [4.78, 5) is 0. The van der Waals surface area contributed by atoms with E-state index in [1.165, 1.54) is 11.6 Å². The minimum absolute atomic E-state index is 0.0217. The first-order valence-corrected chi connectivity index (χ1v) is 10.5. The van der Waals surface area contributed by atoms with Gasteiger partial charge in [-0.15, -0.1) is 0 Å². The molecule has 2 rings (SSSR count). The van der Waals surface area contributed by atoms with Gasteiger partial charge in [0.2, 0.25) is 0 Å². The van der Waals surface area contributed by atoms with E-state index >= 15 is 0 Å². The van der Waals surface area contributed by atoms with Crippen molar-refractivity contribution >= 4 is 0 Å². The van der Waals surface area contributed by atoms with E-state index in [0.717, 1.165) is 31.4 Å². The van der Waals surface area contributed by atoms with Crippen LogP contribution in [0.5, 0.6) is 5.75 Å². The van der Waals surface area contributed by atoms with Gasteiger partial charge in [0.15, 0.2) is 0 Å². The minimum Gasteiger partial charge on any atom is -0.508 e. The maximum Gasteiger partial charge on any atom is 0.121 e. The number of phenols is 1. The Hall–Kier alpha value is -1.92. The van der Waals surface area contributed by atoms with Crippen LogP contribution < -0.4 is 5.32 Å². The Balaban J connectivity index is 1.63. The zero-order chi connectivity index (χ0) is 26.8. The molecule has 0 saturated heterocycles. The van der Waals surface area contributed by atoms with Gasteiger partial charge in [-0.2, -0.15) is 0 Å². The van der Waals surface area contributed by atoms with Gasteiger partial charge >= 0.3 is 0 Å². The van der Waals surface area contributed by atoms with Gasteiger partial charge in [0, 0.05) is 28.0 Å². The molecule has 5 nitrogen and oxygen atoms in total. The Bertz CT molecular complexity index is 925. The number of hydrogen-bond acceptors (Lipinski definition) is 5. The first-order valence-electron chi connectivity index (χ1n) is 13.5. The second kappa shape index (κ2) is 15.0. The molecule has 0 saturated carbocycles. The Labute approximate surface area is 189 Å². The highest BCUT2D eigenvalue weighted by atomic mass is 16.5. The molecule has 0 amide bonds. The summed E-state index contributed by atoms with van der Waals surface area (Å²) in [7, 11) is 0. The highest BCUT2D eigenvalue weighted by molar-refractivity contribution is 5.36. The van der Waals surface area contributed by atoms with Crippen LogP contribution in [-0.4, -0.2) is 41.5 Å². The van der Waals surface area contributed by atoms with Crippen LogP contribution >= 0.6 is 0 Å². The van der Waals surface area contributed by atoms with Crippen LogP contribution in [0.25, 0.3) is 0 Å². The van der Waals surface area contributed by atoms with Gasteiger partial charge < -0.3 is 25.4 Å². The first kappa shape index (κ1) is 16.7. The molecule has 0 fully saturated rings. The summed E-state index contributed by atoms with van der Waals surface area (Å²) in [6.07, 6.45) is 3.08. The van der Waals surface area contributed by atoms with Gasteiger partial charge in [0.25, 0.3) is 0 Å². The third kappa shape index (κ3) is 9.72. The van der Waals surface area contributed by atoms with Crippen molar-refractivity contribution < 1.29 is 28.3 Å². The molecule has 0 aliphatic rings. The first-order chi connectivity index (χ1) is 16.8. The van der Waals surface area contributed by atoms with E-state index in [9.17, 15) is 15.3 Å². The molecule has 5 heteroatoms. The quantitative estimate of drug-likeness (QED) is 0.307. The fraction of sp³-hybridized carbons (Fsp3) is 0.520. The van der Waals surface area contributed by atoms with Crippen molar-refractivity contribution in [2.45, 2.75) is 57.6 Å². The van der Waals surface area contributed by atoms with Crippen LogP contribution in [-0.2, 0) is 17.7 Å². The summed E-state index contributed by atoms with van der Waals surface area (Å²) in [5.41, 5.74) is 0.755. The lowest BCUT2D eigenvalue weighted by atomic mass is 10.1. The minimum atomic E-state index is -2.83. The van der Waals surface area contributed by atoms with E-state index in [4.69, 9.17) is 13.0 Å². The molecular formula is C25H37NO4. The second-order valence-corrected chi connectivity index (χ2v) is 7.11. The van der Waals surface area contributed by atoms with Crippen molar-refractivity contribution in [2.24, 2.45) is 0 Å². The smallest absolute Gasteiger partial charge is 0.121 e. The van der Waals surface area contributed by atoms with Crippen LogP contribution in [0.1, 0.15) is 69.5 Å². The summed E-state index contributed by atoms with van der Waals surface area (Å²) < 4.78 is 52.3. The van der Waals surface area contributed by atoms with E-state index in [2.05, 4.69) is 5.32 Å². The standard InChI is InChI=1S/C25H37NO4/c27-20-23-18-22(13-14-24(23)28)25(29)19-26-15-7-1-2-8-16-30-17-9-6-12-21-10-4-3-5-11-21/h3-5,10-11,13-14,18,25-29H,1-2,6-9,12,15-17,19-20H2/i17D2,19D2,20D2. The van der Waals surface area contributed by atoms with Crippen molar-refractivity contribution in [1.29, 1.82) is 0 Å². The fourth-order valence-electron chi connectivity index (χ4n) is 2.96. The predicted octanol–water partition coefficient (Wildman–Crippen LogP) is 4.11. The highest BCUT2D eigenvalue weighted by Gasteiger charge is 2.09. The molecule has 2 aromatic rings. The third-order valence-electron chi connectivity index (χ3n) is 4.68. The number of aliphatic hydroxyl groups is 2. The average Bonchev–Trinajstić information content (AvgIpc) is 2.80. The molecule has 0 spiro atoms. The number of aryl methyl sites for hydroxylation is 1. The van der Waals surface area contributed by atoms with E-state index < -0.39 is 37.0 Å². The molecular weight excluding hydrogens is 378 g/mol. The van der Waals surface area contributed by atoms with Crippen molar-refractivity contribution in [3.63, 3.8) is 0 Å². The molecule has 0 aliphatic heterocycles. The normalized spacial score (nSPS) is 16.6. The number of benzene rings is 2. The number of nitrogens with one attached hydrogen (secondary N) is 1. The number of aliphatic hydroxyl groups excluding tert-OH is 1. The summed E-state index contributed by atoms with van der Waals surface area (Å²) in [5, 5.41) is 32.3. The van der Waals surface area contributed by atoms with Gasteiger partial charge in [-0.05, 0) is 61.9 Å². The third-order valence-corrected chi connectivity index (χ3v) is 4.68. The molecule has 30 heavy (non-hydrogen) atoms. The molecule has 0 bridgehead atoms. The van der Waals surface area contributed by atoms with Crippen molar-refractivity contribution in [2.75, 3.05) is 26.2 Å².